The minimum absolute atomic E-state index is 0. The van der Waals surface area contributed by atoms with E-state index in [4.69, 9.17) is 30.6 Å². The van der Waals surface area contributed by atoms with Gasteiger partial charge in [-0.2, -0.15) is 0 Å². The van der Waals surface area contributed by atoms with E-state index in [1.54, 1.807) is 0 Å². The summed E-state index contributed by atoms with van der Waals surface area (Å²) in [6.45, 7) is 0. The Labute approximate surface area is 132 Å². The van der Waals surface area contributed by atoms with E-state index in [0.29, 0.717) is 0 Å². The van der Waals surface area contributed by atoms with Gasteiger partial charge in [0, 0.05) is 17.1 Å². The van der Waals surface area contributed by atoms with Crippen LogP contribution in [0, 0.1) is 0 Å². The molecule has 0 aliphatic heterocycles. The Morgan fingerprint density at radius 2 is 0.500 bits per heavy atom. The van der Waals surface area contributed by atoms with Crippen molar-refractivity contribution < 1.29 is 76.5 Å². The molecule has 0 heterocycles. The van der Waals surface area contributed by atoms with Gasteiger partial charge in [0.15, 0.2) is 0 Å². The number of hydrogen-bond acceptors (Lipinski definition) is 6. The van der Waals surface area contributed by atoms with Crippen LogP contribution in [0.15, 0.2) is 0 Å². The summed E-state index contributed by atoms with van der Waals surface area (Å²) in [5.41, 5.74) is 0. The maximum Gasteiger partial charge on any atom is 0.314 e. The Bertz CT molecular complexity index is 317. The molecule has 6 N–H and O–H groups in total. The van der Waals surface area contributed by atoms with E-state index in [2.05, 4.69) is 0 Å². The van der Waals surface area contributed by atoms with E-state index in [-0.39, 0.29) is 17.1 Å². The molecular formula is C9H12FeO12. The van der Waals surface area contributed by atoms with Crippen LogP contribution in [-0.4, -0.2) is 66.5 Å². The van der Waals surface area contributed by atoms with Gasteiger partial charge in [-0.3, -0.25) is 28.8 Å². The largest absolute Gasteiger partial charge is 0.481 e. The van der Waals surface area contributed by atoms with E-state index in [1.807, 2.05) is 0 Å². The second kappa shape index (κ2) is 16.4. The molecule has 0 fully saturated rings. The summed E-state index contributed by atoms with van der Waals surface area (Å²) in [5, 5.41) is 46.2. The maximum atomic E-state index is 9.43. The Balaban J connectivity index is -0.000000108. The fourth-order valence-electron chi connectivity index (χ4n) is 0.388. The van der Waals surface area contributed by atoms with Crippen molar-refractivity contribution in [3.05, 3.63) is 0 Å². The first-order chi connectivity index (χ1) is 9.38. The molecule has 0 unspecified atom stereocenters. The van der Waals surface area contributed by atoms with Crippen LogP contribution in [0.1, 0.15) is 19.3 Å². The van der Waals surface area contributed by atoms with Crippen LogP contribution in [0.3, 0.4) is 0 Å². The van der Waals surface area contributed by atoms with Crippen LogP contribution in [-0.2, 0) is 45.8 Å². The summed E-state index contributed by atoms with van der Waals surface area (Å²) in [4.78, 5) is 56.6. The topological polar surface area (TPSA) is 224 Å². The molecule has 0 aromatic heterocycles. The van der Waals surface area contributed by atoms with Gasteiger partial charge in [0.25, 0.3) is 0 Å². The van der Waals surface area contributed by atoms with E-state index < -0.39 is 55.1 Å². The molecular weight excluding hydrogens is 356 g/mol. The van der Waals surface area contributed by atoms with E-state index in [1.165, 1.54) is 0 Å². The molecule has 0 aliphatic rings. The fourth-order valence-corrected chi connectivity index (χ4v) is 0.388. The number of carboxylic acids is 6. The minimum Gasteiger partial charge on any atom is -0.481 e. The summed E-state index contributed by atoms with van der Waals surface area (Å²) in [6.07, 6.45) is -2.42. The Morgan fingerprint density at radius 1 is 0.409 bits per heavy atom. The van der Waals surface area contributed by atoms with Gasteiger partial charge in [0.1, 0.15) is 19.3 Å². The molecule has 13 heteroatoms. The first-order valence-electron chi connectivity index (χ1n) is 4.69. The molecule has 128 valence electrons. The summed E-state index contributed by atoms with van der Waals surface area (Å²) in [7, 11) is 0. The van der Waals surface area contributed by atoms with Crippen LogP contribution in [0.2, 0.25) is 0 Å². The molecule has 0 saturated heterocycles. The van der Waals surface area contributed by atoms with Crippen molar-refractivity contribution in [1.82, 2.24) is 0 Å². The van der Waals surface area contributed by atoms with Crippen molar-refractivity contribution >= 4 is 35.8 Å². The van der Waals surface area contributed by atoms with E-state index in [9.17, 15) is 28.8 Å². The van der Waals surface area contributed by atoms with Crippen molar-refractivity contribution in [1.29, 1.82) is 0 Å². The Morgan fingerprint density at radius 3 is 0.500 bits per heavy atom. The van der Waals surface area contributed by atoms with E-state index >= 15 is 0 Å². The first-order valence-corrected chi connectivity index (χ1v) is 4.69. The zero-order valence-corrected chi connectivity index (χ0v) is 11.7. The summed E-state index contributed by atoms with van der Waals surface area (Å²) in [6, 6.07) is 0. The summed E-state index contributed by atoms with van der Waals surface area (Å²) < 4.78 is 0. The average molecular weight is 368 g/mol. The van der Waals surface area contributed by atoms with Crippen molar-refractivity contribution in [2.45, 2.75) is 19.3 Å². The van der Waals surface area contributed by atoms with Gasteiger partial charge in [-0.05, 0) is 0 Å². The third-order valence-electron chi connectivity index (χ3n) is 0.907. The van der Waals surface area contributed by atoms with Crippen LogP contribution in [0.5, 0.6) is 0 Å². The van der Waals surface area contributed by atoms with Gasteiger partial charge in [-0.25, -0.2) is 0 Å². The molecule has 0 radical (unpaired) electrons. The number of carboxylic acid groups (broad SMARTS) is 6. The van der Waals surface area contributed by atoms with Gasteiger partial charge in [0.2, 0.25) is 0 Å². The zero-order valence-electron chi connectivity index (χ0n) is 10.6. The molecule has 0 aliphatic carbocycles. The van der Waals surface area contributed by atoms with Crippen molar-refractivity contribution in [3.8, 4) is 0 Å². The zero-order chi connectivity index (χ0) is 17.6. The van der Waals surface area contributed by atoms with Crippen molar-refractivity contribution in [2.75, 3.05) is 0 Å². The average Bonchev–Trinajstić information content (AvgIpc) is 2.10. The molecule has 22 heavy (non-hydrogen) atoms. The van der Waals surface area contributed by atoms with Gasteiger partial charge in [-0.15, -0.1) is 0 Å². The van der Waals surface area contributed by atoms with Crippen LogP contribution in [0.4, 0.5) is 0 Å². The monoisotopic (exact) mass is 368 g/mol. The van der Waals surface area contributed by atoms with Gasteiger partial charge in [0.05, 0.1) is 0 Å². The molecule has 0 amide bonds. The smallest absolute Gasteiger partial charge is 0.314 e. The molecule has 0 spiro atoms. The van der Waals surface area contributed by atoms with Gasteiger partial charge >= 0.3 is 35.8 Å². The van der Waals surface area contributed by atoms with Gasteiger partial charge in [-0.1, -0.05) is 0 Å². The fraction of sp³-hybridized carbons (Fsp3) is 0.333. The first kappa shape index (κ1) is 27.6. The Hall–Kier alpha value is -2.66. The van der Waals surface area contributed by atoms with Crippen LogP contribution < -0.4 is 0 Å². The van der Waals surface area contributed by atoms with Gasteiger partial charge < -0.3 is 30.6 Å². The summed E-state index contributed by atoms with van der Waals surface area (Å²) in [5.74, 6) is -7.88. The summed E-state index contributed by atoms with van der Waals surface area (Å²) >= 11 is 0. The third kappa shape index (κ3) is 53.1. The molecule has 0 saturated carbocycles. The SMILES string of the molecule is O=C(O)CC(=O)O.O=C(O)CC(=O)O.O=C(O)CC(=O)O.[Fe]. The molecule has 0 bridgehead atoms. The number of carbonyl (C=O) groups is 6. The standard InChI is InChI=1S/3C3H4O4.Fe/c3*4-2(5)1-3(6)7;/h3*1H2,(H,4,5)(H,6,7);. The molecule has 0 rings (SSSR count). The number of aliphatic carboxylic acids is 6. The maximum absolute atomic E-state index is 9.43. The normalized spacial score (nSPS) is 7.64. The molecule has 12 nitrogen and oxygen atoms in total. The van der Waals surface area contributed by atoms with Crippen molar-refractivity contribution in [2.24, 2.45) is 0 Å². The molecule has 0 aromatic carbocycles. The van der Waals surface area contributed by atoms with E-state index in [0.717, 1.165) is 0 Å². The van der Waals surface area contributed by atoms with Crippen LogP contribution in [0.25, 0.3) is 0 Å². The third-order valence-corrected chi connectivity index (χ3v) is 0.907. The van der Waals surface area contributed by atoms with Crippen LogP contribution >= 0.6 is 0 Å². The quantitative estimate of drug-likeness (QED) is 0.236. The number of hydrogen-bond donors (Lipinski definition) is 6. The number of rotatable bonds is 6. The van der Waals surface area contributed by atoms with Crippen molar-refractivity contribution in [3.63, 3.8) is 0 Å². The second-order valence-corrected chi connectivity index (χ2v) is 2.89. The Kier molecular flexibility index (Phi) is 20.6. The second-order valence-electron chi connectivity index (χ2n) is 2.89. The molecule has 0 atom stereocenters. The predicted octanol–water partition coefficient (Wildman–Crippen LogP) is -1.37. The predicted molar refractivity (Wildman–Crippen MR) is 59.7 cm³/mol. The molecule has 0 aromatic rings. The minimum atomic E-state index is -1.31.